The van der Waals surface area contributed by atoms with Crippen molar-refractivity contribution in [1.82, 2.24) is 0 Å². The summed E-state index contributed by atoms with van der Waals surface area (Å²) in [4.78, 5) is 37.9. The third kappa shape index (κ3) is 47.2. The number of unbranched alkanes of at least 4 members (excludes halogenated alkanes) is 16. The Morgan fingerprint density at radius 3 is 1.07 bits per heavy atom. The Hall–Kier alpha value is -3.67. The van der Waals surface area contributed by atoms with Crippen LogP contribution in [0.5, 0.6) is 0 Å². The molecule has 0 spiro atoms. The van der Waals surface area contributed by atoms with Crippen molar-refractivity contribution in [3.05, 3.63) is 97.2 Å². The van der Waals surface area contributed by atoms with E-state index in [2.05, 4.69) is 118 Å². The highest BCUT2D eigenvalue weighted by atomic mass is 16.6. The molecule has 0 saturated heterocycles. The van der Waals surface area contributed by atoms with E-state index in [0.29, 0.717) is 19.3 Å². The first-order valence-electron chi connectivity index (χ1n) is 24.7. The lowest BCUT2D eigenvalue weighted by molar-refractivity contribution is -0.167. The summed E-state index contributed by atoms with van der Waals surface area (Å²) in [7, 11) is 0. The maximum atomic E-state index is 12.8. The summed E-state index contributed by atoms with van der Waals surface area (Å²) in [5.74, 6) is -0.981. The van der Waals surface area contributed by atoms with Crippen LogP contribution in [0.25, 0.3) is 0 Å². The van der Waals surface area contributed by atoms with Crippen molar-refractivity contribution < 1.29 is 28.6 Å². The van der Waals surface area contributed by atoms with Crippen molar-refractivity contribution in [2.24, 2.45) is 0 Å². The molecule has 0 aliphatic heterocycles. The quantitative estimate of drug-likeness (QED) is 0.0263. The van der Waals surface area contributed by atoms with E-state index in [1.165, 1.54) is 57.8 Å². The van der Waals surface area contributed by atoms with Crippen molar-refractivity contribution in [3.63, 3.8) is 0 Å². The van der Waals surface area contributed by atoms with Crippen molar-refractivity contribution in [2.45, 2.75) is 219 Å². The summed E-state index contributed by atoms with van der Waals surface area (Å²) in [6, 6.07) is 0. The van der Waals surface area contributed by atoms with E-state index in [4.69, 9.17) is 14.2 Å². The average Bonchev–Trinajstić information content (AvgIpc) is 3.26. The summed E-state index contributed by atoms with van der Waals surface area (Å²) >= 11 is 0. The number of esters is 3. The molecule has 0 aromatic rings. The molecular formula is C55H90O6. The summed E-state index contributed by atoms with van der Waals surface area (Å²) in [5, 5.41) is 0. The molecular weight excluding hydrogens is 757 g/mol. The van der Waals surface area contributed by atoms with Gasteiger partial charge in [-0.1, -0.05) is 201 Å². The number of ether oxygens (including phenoxy) is 3. The first-order valence-corrected chi connectivity index (χ1v) is 24.7. The Labute approximate surface area is 375 Å². The molecule has 0 heterocycles. The molecule has 0 bridgehead atoms. The normalized spacial score (nSPS) is 12.9. The number of allylic oxidation sites excluding steroid dienone is 16. The molecule has 0 aromatic heterocycles. The van der Waals surface area contributed by atoms with Crippen LogP contribution in [0.4, 0.5) is 0 Å². The van der Waals surface area contributed by atoms with Gasteiger partial charge in [0.1, 0.15) is 13.2 Å². The number of carbonyl (C=O) groups is 3. The van der Waals surface area contributed by atoms with E-state index >= 15 is 0 Å². The molecule has 61 heavy (non-hydrogen) atoms. The fraction of sp³-hybridized carbons (Fsp3) is 0.655. The van der Waals surface area contributed by atoms with Crippen LogP contribution < -0.4 is 0 Å². The van der Waals surface area contributed by atoms with Gasteiger partial charge < -0.3 is 14.2 Å². The van der Waals surface area contributed by atoms with E-state index < -0.39 is 6.10 Å². The van der Waals surface area contributed by atoms with Crippen LogP contribution >= 0.6 is 0 Å². The van der Waals surface area contributed by atoms with Gasteiger partial charge in [0.25, 0.3) is 0 Å². The van der Waals surface area contributed by atoms with Crippen LogP contribution in [0, 0.1) is 0 Å². The first-order chi connectivity index (χ1) is 30.0. The largest absolute Gasteiger partial charge is 0.462 e. The Morgan fingerprint density at radius 1 is 0.344 bits per heavy atom. The molecule has 1 atom stereocenters. The van der Waals surface area contributed by atoms with Gasteiger partial charge in [0.15, 0.2) is 6.10 Å². The topological polar surface area (TPSA) is 78.9 Å². The lowest BCUT2D eigenvalue weighted by Gasteiger charge is -2.18. The van der Waals surface area contributed by atoms with Crippen LogP contribution in [0.15, 0.2) is 97.2 Å². The molecule has 6 heteroatoms. The fourth-order valence-electron chi connectivity index (χ4n) is 6.43. The monoisotopic (exact) mass is 847 g/mol. The van der Waals surface area contributed by atoms with E-state index in [1.807, 2.05) is 0 Å². The standard InChI is InChI=1S/C55H90O6/c1-4-7-10-13-16-19-22-24-26-28-30-31-33-36-39-42-45-48-54(57)60-51-52(50-59-53(56)47-44-41-38-35-21-18-15-12-9-6-3)61-55(58)49-46-43-40-37-34-32-29-27-25-23-20-17-14-11-8-5-2/h7-8,10-11,16-17,19-20,24-27,30-31,36,39,52H,4-6,9,12-15,18,21-23,28-29,32-35,37-38,40-51H2,1-3H3/b10-7-,11-8-,19-16-,20-17-,26-24-,27-25-,31-30-,39-36-. The van der Waals surface area contributed by atoms with Crippen LogP contribution in [0.2, 0.25) is 0 Å². The van der Waals surface area contributed by atoms with Gasteiger partial charge in [-0.15, -0.1) is 0 Å². The highest BCUT2D eigenvalue weighted by Gasteiger charge is 2.19. The lowest BCUT2D eigenvalue weighted by atomic mass is 10.1. The number of hydrogen-bond donors (Lipinski definition) is 0. The van der Waals surface area contributed by atoms with E-state index in [9.17, 15) is 14.4 Å². The number of hydrogen-bond acceptors (Lipinski definition) is 6. The minimum Gasteiger partial charge on any atom is -0.462 e. The predicted octanol–water partition coefficient (Wildman–Crippen LogP) is 16.2. The van der Waals surface area contributed by atoms with Gasteiger partial charge in [0.05, 0.1) is 0 Å². The SMILES string of the molecule is CC/C=C\C/C=C\C/C=C\C/C=C\C/C=C\CCCC(=O)OCC(COC(=O)CCCCCCCCCCCC)OC(=O)CCCCCCCC/C=C\C/C=C\C/C=C\CC. The van der Waals surface area contributed by atoms with Crippen molar-refractivity contribution in [1.29, 1.82) is 0 Å². The third-order valence-electron chi connectivity index (χ3n) is 10.1. The highest BCUT2D eigenvalue weighted by molar-refractivity contribution is 5.71. The molecule has 0 aliphatic carbocycles. The van der Waals surface area contributed by atoms with Crippen LogP contribution in [0.1, 0.15) is 213 Å². The minimum atomic E-state index is -0.805. The first kappa shape index (κ1) is 57.3. The molecule has 0 N–H and O–H groups in total. The van der Waals surface area contributed by atoms with Gasteiger partial charge in [-0.05, 0) is 89.9 Å². The second kappa shape index (κ2) is 49.0. The third-order valence-corrected chi connectivity index (χ3v) is 10.1. The lowest BCUT2D eigenvalue weighted by Crippen LogP contribution is -2.30. The fourth-order valence-corrected chi connectivity index (χ4v) is 6.43. The van der Waals surface area contributed by atoms with Gasteiger partial charge in [0, 0.05) is 19.3 Å². The predicted molar refractivity (Wildman–Crippen MR) is 260 cm³/mol. The minimum absolute atomic E-state index is 0.101. The van der Waals surface area contributed by atoms with Gasteiger partial charge in [0.2, 0.25) is 0 Å². The molecule has 0 amide bonds. The molecule has 0 saturated carbocycles. The molecule has 1 unspecified atom stereocenters. The molecule has 0 aromatic carbocycles. The Morgan fingerprint density at radius 2 is 0.656 bits per heavy atom. The zero-order chi connectivity index (χ0) is 44.4. The maximum Gasteiger partial charge on any atom is 0.306 e. The summed E-state index contributed by atoms with van der Waals surface area (Å²) in [5.41, 5.74) is 0. The number of rotatable bonds is 43. The van der Waals surface area contributed by atoms with Gasteiger partial charge >= 0.3 is 17.9 Å². The molecule has 0 rings (SSSR count). The van der Waals surface area contributed by atoms with Crippen molar-refractivity contribution in [2.75, 3.05) is 13.2 Å². The number of carbonyl (C=O) groups excluding carboxylic acids is 3. The highest BCUT2D eigenvalue weighted by Crippen LogP contribution is 2.13. The van der Waals surface area contributed by atoms with Crippen molar-refractivity contribution in [3.8, 4) is 0 Å². The second-order valence-corrected chi connectivity index (χ2v) is 16.0. The van der Waals surface area contributed by atoms with Gasteiger partial charge in [-0.3, -0.25) is 14.4 Å². The Kier molecular flexibility index (Phi) is 46.0. The molecule has 346 valence electrons. The van der Waals surface area contributed by atoms with Gasteiger partial charge in [-0.2, -0.15) is 0 Å². The van der Waals surface area contributed by atoms with Gasteiger partial charge in [-0.25, -0.2) is 0 Å². The maximum absolute atomic E-state index is 12.8. The summed E-state index contributed by atoms with van der Waals surface area (Å²) in [6.45, 7) is 6.32. The smallest absolute Gasteiger partial charge is 0.306 e. The zero-order valence-electron chi connectivity index (χ0n) is 39.4. The zero-order valence-corrected chi connectivity index (χ0v) is 39.4. The molecule has 0 radical (unpaired) electrons. The summed E-state index contributed by atoms with van der Waals surface area (Å²) < 4.78 is 16.7. The molecule has 0 aliphatic rings. The molecule has 0 fully saturated rings. The van der Waals surface area contributed by atoms with E-state index in [-0.39, 0.29) is 37.5 Å². The van der Waals surface area contributed by atoms with E-state index in [1.54, 1.807) is 0 Å². The van der Waals surface area contributed by atoms with Crippen LogP contribution in [0.3, 0.4) is 0 Å². The summed E-state index contributed by atoms with van der Waals surface area (Å²) in [6.07, 6.45) is 63.9. The van der Waals surface area contributed by atoms with Crippen LogP contribution in [-0.4, -0.2) is 37.2 Å². The van der Waals surface area contributed by atoms with E-state index in [0.717, 1.165) is 109 Å². The Bertz CT molecular complexity index is 1250. The second-order valence-electron chi connectivity index (χ2n) is 16.0. The average molecular weight is 847 g/mol. The van der Waals surface area contributed by atoms with Crippen LogP contribution in [-0.2, 0) is 28.6 Å². The molecule has 6 nitrogen and oxygen atoms in total. The van der Waals surface area contributed by atoms with Crippen molar-refractivity contribution >= 4 is 17.9 Å². The Balaban J connectivity index is 4.49.